The predicted octanol–water partition coefficient (Wildman–Crippen LogP) is 0.626. The molecule has 0 spiro atoms. The summed E-state index contributed by atoms with van der Waals surface area (Å²) in [6.45, 7) is 3.36. The topological polar surface area (TPSA) is 92.4 Å². The molecule has 0 aromatic heterocycles. The van der Waals surface area contributed by atoms with Gasteiger partial charge >= 0.3 is 0 Å². The minimum atomic E-state index is -3.58. The quantitative estimate of drug-likeness (QED) is 0.675. The van der Waals surface area contributed by atoms with Gasteiger partial charge in [0.05, 0.1) is 4.90 Å². The van der Waals surface area contributed by atoms with Crippen molar-refractivity contribution in [3.05, 3.63) is 23.8 Å². The van der Waals surface area contributed by atoms with Crippen LogP contribution in [0.3, 0.4) is 0 Å². The second kappa shape index (κ2) is 5.48. The SMILES string of the molecule is Cc1ccc(N)cc1S(=O)(=O)NC(C)CCO. The number of hydrogen-bond donors (Lipinski definition) is 3. The van der Waals surface area contributed by atoms with Crippen LogP contribution in [0.4, 0.5) is 5.69 Å². The largest absolute Gasteiger partial charge is 0.399 e. The molecule has 1 aromatic rings. The lowest BCUT2D eigenvalue weighted by Gasteiger charge is -2.14. The fourth-order valence-electron chi connectivity index (χ4n) is 1.49. The monoisotopic (exact) mass is 258 g/mol. The van der Waals surface area contributed by atoms with Gasteiger partial charge in [-0.2, -0.15) is 0 Å². The predicted molar refractivity (Wildman–Crippen MR) is 67.1 cm³/mol. The summed E-state index contributed by atoms with van der Waals surface area (Å²) >= 11 is 0. The molecule has 0 radical (unpaired) electrons. The Morgan fingerprint density at radius 2 is 2.12 bits per heavy atom. The van der Waals surface area contributed by atoms with Gasteiger partial charge in [0, 0.05) is 18.3 Å². The number of benzene rings is 1. The third-order valence-corrected chi connectivity index (χ3v) is 4.15. The lowest BCUT2D eigenvalue weighted by Crippen LogP contribution is -2.33. The van der Waals surface area contributed by atoms with Crippen LogP contribution in [0.15, 0.2) is 23.1 Å². The molecular weight excluding hydrogens is 240 g/mol. The Labute approximate surface area is 102 Å². The normalized spacial score (nSPS) is 13.6. The summed E-state index contributed by atoms with van der Waals surface area (Å²) in [4.78, 5) is 0.183. The van der Waals surface area contributed by atoms with Gasteiger partial charge in [-0.1, -0.05) is 6.07 Å². The summed E-state index contributed by atoms with van der Waals surface area (Å²) in [5.74, 6) is 0. The number of aryl methyl sites for hydroxylation is 1. The van der Waals surface area contributed by atoms with Crippen LogP contribution in [0.1, 0.15) is 18.9 Å². The van der Waals surface area contributed by atoms with E-state index in [2.05, 4.69) is 4.72 Å². The van der Waals surface area contributed by atoms with E-state index in [1.54, 1.807) is 26.0 Å². The van der Waals surface area contributed by atoms with Gasteiger partial charge in [-0.05, 0) is 38.0 Å². The molecule has 0 heterocycles. The van der Waals surface area contributed by atoms with Crippen LogP contribution < -0.4 is 10.5 Å². The molecule has 1 atom stereocenters. The molecule has 0 aliphatic carbocycles. The lowest BCUT2D eigenvalue weighted by molar-refractivity contribution is 0.275. The molecule has 0 saturated carbocycles. The molecule has 0 saturated heterocycles. The summed E-state index contributed by atoms with van der Waals surface area (Å²) < 4.78 is 26.6. The molecule has 1 aromatic carbocycles. The van der Waals surface area contributed by atoms with Crippen LogP contribution in [0.5, 0.6) is 0 Å². The van der Waals surface area contributed by atoms with Gasteiger partial charge < -0.3 is 10.8 Å². The minimum absolute atomic E-state index is 0.0560. The highest BCUT2D eigenvalue weighted by molar-refractivity contribution is 7.89. The van der Waals surface area contributed by atoms with Gasteiger partial charge in [0.15, 0.2) is 0 Å². The number of nitrogens with one attached hydrogen (secondary N) is 1. The number of aliphatic hydroxyl groups excluding tert-OH is 1. The van der Waals surface area contributed by atoms with Crippen molar-refractivity contribution in [2.75, 3.05) is 12.3 Å². The van der Waals surface area contributed by atoms with E-state index in [0.717, 1.165) is 0 Å². The Kier molecular flexibility index (Phi) is 4.50. The first kappa shape index (κ1) is 14.0. The molecule has 0 fully saturated rings. The van der Waals surface area contributed by atoms with Crippen molar-refractivity contribution in [1.29, 1.82) is 0 Å². The van der Waals surface area contributed by atoms with Crippen molar-refractivity contribution in [2.45, 2.75) is 31.2 Å². The standard InChI is InChI=1S/C11H18N2O3S/c1-8-3-4-10(12)7-11(8)17(15,16)13-9(2)5-6-14/h3-4,7,9,13-14H,5-6,12H2,1-2H3. The second-order valence-electron chi connectivity index (χ2n) is 4.06. The van der Waals surface area contributed by atoms with Gasteiger partial charge in [0.25, 0.3) is 0 Å². The van der Waals surface area contributed by atoms with Crippen molar-refractivity contribution in [3.63, 3.8) is 0 Å². The summed E-state index contributed by atoms with van der Waals surface area (Å²) in [5, 5.41) is 8.75. The van der Waals surface area contributed by atoms with E-state index in [9.17, 15) is 8.42 Å². The first-order valence-electron chi connectivity index (χ1n) is 5.36. The summed E-state index contributed by atoms with van der Waals surface area (Å²) in [6, 6.07) is 4.45. The molecule has 0 aliphatic heterocycles. The van der Waals surface area contributed by atoms with E-state index in [-0.39, 0.29) is 17.5 Å². The number of nitrogens with two attached hydrogens (primary N) is 1. The van der Waals surface area contributed by atoms with Crippen molar-refractivity contribution < 1.29 is 13.5 Å². The molecule has 6 heteroatoms. The molecule has 5 nitrogen and oxygen atoms in total. The third kappa shape index (κ3) is 3.69. The van der Waals surface area contributed by atoms with E-state index in [1.165, 1.54) is 6.07 Å². The van der Waals surface area contributed by atoms with Gasteiger partial charge in [-0.15, -0.1) is 0 Å². The minimum Gasteiger partial charge on any atom is -0.399 e. The fourth-order valence-corrected chi connectivity index (χ4v) is 3.04. The molecule has 0 bridgehead atoms. The van der Waals surface area contributed by atoms with Gasteiger partial charge in [-0.25, -0.2) is 13.1 Å². The average Bonchev–Trinajstić information content (AvgIpc) is 2.21. The van der Waals surface area contributed by atoms with Crippen LogP contribution in [0.2, 0.25) is 0 Å². The highest BCUT2D eigenvalue weighted by atomic mass is 32.2. The van der Waals surface area contributed by atoms with Gasteiger partial charge in [-0.3, -0.25) is 0 Å². The van der Waals surface area contributed by atoms with Crippen molar-refractivity contribution in [2.24, 2.45) is 0 Å². The molecule has 0 aliphatic rings. The Hall–Kier alpha value is -1.11. The first-order chi connectivity index (χ1) is 7.86. The van der Waals surface area contributed by atoms with E-state index >= 15 is 0 Å². The Morgan fingerprint density at radius 1 is 1.47 bits per heavy atom. The zero-order chi connectivity index (χ0) is 13.1. The molecule has 0 amide bonds. The lowest BCUT2D eigenvalue weighted by atomic mass is 10.2. The third-order valence-electron chi connectivity index (χ3n) is 2.42. The first-order valence-corrected chi connectivity index (χ1v) is 6.84. The highest BCUT2D eigenvalue weighted by Crippen LogP contribution is 2.18. The van der Waals surface area contributed by atoms with Crippen molar-refractivity contribution >= 4 is 15.7 Å². The zero-order valence-corrected chi connectivity index (χ0v) is 10.8. The van der Waals surface area contributed by atoms with Crippen LogP contribution in [0, 0.1) is 6.92 Å². The zero-order valence-electron chi connectivity index (χ0n) is 9.97. The smallest absolute Gasteiger partial charge is 0.241 e. The van der Waals surface area contributed by atoms with E-state index in [1.807, 2.05) is 0 Å². The van der Waals surface area contributed by atoms with Crippen LogP contribution in [0.25, 0.3) is 0 Å². The Balaban J connectivity index is 3.01. The maximum atomic E-state index is 12.0. The number of anilines is 1. The van der Waals surface area contributed by atoms with Crippen molar-refractivity contribution in [1.82, 2.24) is 4.72 Å². The highest BCUT2D eigenvalue weighted by Gasteiger charge is 2.19. The van der Waals surface area contributed by atoms with E-state index in [4.69, 9.17) is 10.8 Å². The number of nitrogen functional groups attached to an aromatic ring is 1. The summed E-state index contributed by atoms with van der Waals surface area (Å²) in [7, 11) is -3.58. The maximum absolute atomic E-state index is 12.0. The van der Waals surface area contributed by atoms with E-state index in [0.29, 0.717) is 17.7 Å². The van der Waals surface area contributed by atoms with E-state index < -0.39 is 10.0 Å². The number of hydrogen-bond acceptors (Lipinski definition) is 4. The molecule has 4 N–H and O–H groups in total. The Morgan fingerprint density at radius 3 is 2.71 bits per heavy atom. The van der Waals surface area contributed by atoms with Crippen LogP contribution >= 0.6 is 0 Å². The van der Waals surface area contributed by atoms with Gasteiger partial charge in [0.1, 0.15) is 0 Å². The molecule has 17 heavy (non-hydrogen) atoms. The average molecular weight is 258 g/mol. The number of aliphatic hydroxyl groups is 1. The van der Waals surface area contributed by atoms with Crippen LogP contribution in [-0.2, 0) is 10.0 Å². The molecule has 1 rings (SSSR count). The maximum Gasteiger partial charge on any atom is 0.241 e. The van der Waals surface area contributed by atoms with Gasteiger partial charge in [0.2, 0.25) is 10.0 Å². The molecule has 96 valence electrons. The number of rotatable bonds is 5. The number of sulfonamides is 1. The fraction of sp³-hybridized carbons (Fsp3) is 0.455. The summed E-state index contributed by atoms with van der Waals surface area (Å²) in [6.07, 6.45) is 0.376. The molecular formula is C11H18N2O3S. The Bertz CT molecular complexity index is 485. The van der Waals surface area contributed by atoms with Crippen molar-refractivity contribution in [3.8, 4) is 0 Å². The molecule has 1 unspecified atom stereocenters. The second-order valence-corrected chi connectivity index (χ2v) is 5.74. The van der Waals surface area contributed by atoms with Crippen LogP contribution in [-0.4, -0.2) is 26.2 Å². The summed E-state index contributed by atoms with van der Waals surface area (Å²) in [5.41, 5.74) is 6.63.